The maximum Gasteiger partial charge on any atom is 0.272 e. The van der Waals surface area contributed by atoms with E-state index < -0.39 is 9.85 Å². The Morgan fingerprint density at radius 2 is 1.22 bits per heavy atom. The highest BCUT2D eigenvalue weighted by Gasteiger charge is 2.37. The van der Waals surface area contributed by atoms with Crippen molar-refractivity contribution in [1.82, 2.24) is 0 Å². The van der Waals surface area contributed by atoms with Crippen LogP contribution < -0.4 is 4.90 Å². The van der Waals surface area contributed by atoms with Crippen molar-refractivity contribution in [1.29, 1.82) is 0 Å². The van der Waals surface area contributed by atoms with Crippen molar-refractivity contribution >= 4 is 17.1 Å². The zero-order chi connectivity index (χ0) is 23.0. The zero-order valence-electron chi connectivity index (χ0n) is 17.7. The number of hydrogen-bond acceptors (Lipinski definition) is 5. The number of aryl methyl sites for hydroxylation is 2. The van der Waals surface area contributed by atoms with Crippen LogP contribution in [0.1, 0.15) is 47.2 Å². The summed E-state index contributed by atoms with van der Waals surface area (Å²) >= 11 is 0. The third kappa shape index (κ3) is 3.91. The van der Waals surface area contributed by atoms with Gasteiger partial charge in [0, 0.05) is 28.9 Å². The molecule has 0 radical (unpaired) electrons. The second-order valence-corrected chi connectivity index (χ2v) is 8.10. The van der Waals surface area contributed by atoms with Gasteiger partial charge in [-0.05, 0) is 62.1 Å². The van der Waals surface area contributed by atoms with E-state index in [-0.39, 0.29) is 29.3 Å². The zero-order valence-corrected chi connectivity index (χ0v) is 17.7. The molecule has 0 aromatic heterocycles. The van der Waals surface area contributed by atoms with E-state index in [1.165, 1.54) is 12.1 Å². The highest BCUT2D eigenvalue weighted by molar-refractivity contribution is 5.56. The molecule has 0 spiro atoms. The molecule has 7 nitrogen and oxygen atoms in total. The summed E-state index contributed by atoms with van der Waals surface area (Å²) in [6, 6.07) is 16.1. The molecular formula is C24H22FN3O4. The molecule has 0 bridgehead atoms. The fourth-order valence-corrected chi connectivity index (χ4v) is 4.50. The first kappa shape index (κ1) is 21.4. The molecule has 8 heteroatoms. The molecule has 0 aliphatic carbocycles. The molecule has 32 heavy (non-hydrogen) atoms. The third-order valence-corrected chi connectivity index (χ3v) is 6.14. The van der Waals surface area contributed by atoms with Gasteiger partial charge >= 0.3 is 0 Å². The number of nitro benzene ring substituents is 2. The van der Waals surface area contributed by atoms with Crippen LogP contribution in [0.15, 0.2) is 60.7 Å². The average Bonchev–Trinajstić information content (AvgIpc) is 3.19. The maximum absolute atomic E-state index is 13.6. The smallest absolute Gasteiger partial charge is 0.272 e. The van der Waals surface area contributed by atoms with Crippen molar-refractivity contribution in [3.8, 4) is 0 Å². The number of anilines is 1. The standard InChI is InChI=1S/C24H22FN3O4/c1-15-3-5-17(13-23(15)27(29)30)21-11-12-22(26(21)20-9-7-19(25)8-10-20)18-6-4-16(2)24(14-18)28(31)32/h3-10,13-14,21-22H,11-12H2,1-2H3. The molecule has 1 saturated heterocycles. The Kier molecular flexibility index (Phi) is 5.61. The van der Waals surface area contributed by atoms with Gasteiger partial charge in [0.15, 0.2) is 0 Å². The van der Waals surface area contributed by atoms with Crippen molar-refractivity contribution in [2.24, 2.45) is 0 Å². The molecule has 2 unspecified atom stereocenters. The third-order valence-electron chi connectivity index (χ3n) is 6.14. The number of halogens is 1. The first-order chi connectivity index (χ1) is 15.3. The molecule has 3 aromatic rings. The number of rotatable bonds is 5. The molecule has 0 saturated carbocycles. The van der Waals surface area contributed by atoms with Crippen LogP contribution in [0.25, 0.3) is 0 Å². The predicted octanol–water partition coefficient (Wildman–Crippen LogP) is 6.34. The van der Waals surface area contributed by atoms with Gasteiger partial charge in [0.25, 0.3) is 11.4 Å². The first-order valence-corrected chi connectivity index (χ1v) is 10.3. The van der Waals surface area contributed by atoms with Crippen LogP contribution in [-0.4, -0.2) is 9.85 Å². The van der Waals surface area contributed by atoms with Crippen molar-refractivity contribution in [3.05, 3.63) is 109 Å². The Morgan fingerprint density at radius 3 is 1.62 bits per heavy atom. The molecule has 1 aliphatic heterocycles. The number of nitrogens with zero attached hydrogens (tertiary/aromatic N) is 3. The minimum Gasteiger partial charge on any atom is -0.357 e. The number of nitro groups is 2. The predicted molar refractivity (Wildman–Crippen MR) is 119 cm³/mol. The second-order valence-electron chi connectivity index (χ2n) is 8.10. The molecule has 2 atom stereocenters. The van der Waals surface area contributed by atoms with E-state index in [2.05, 4.69) is 4.90 Å². The molecule has 0 amide bonds. The lowest BCUT2D eigenvalue weighted by Gasteiger charge is -2.33. The highest BCUT2D eigenvalue weighted by Crippen LogP contribution is 2.48. The number of hydrogen-bond donors (Lipinski definition) is 0. The van der Waals surface area contributed by atoms with E-state index in [1.54, 1.807) is 50.2 Å². The SMILES string of the molecule is Cc1ccc(C2CCC(c3ccc(C)c([N+](=O)[O-])c3)N2c2ccc(F)cc2)cc1[N+](=O)[O-]. The Bertz CT molecular complexity index is 1120. The lowest BCUT2D eigenvalue weighted by molar-refractivity contribution is -0.385. The van der Waals surface area contributed by atoms with Gasteiger partial charge in [-0.2, -0.15) is 0 Å². The molecule has 3 aromatic carbocycles. The van der Waals surface area contributed by atoms with E-state index in [4.69, 9.17) is 0 Å². The summed E-state index contributed by atoms with van der Waals surface area (Å²) < 4.78 is 13.6. The Balaban J connectivity index is 1.82. The average molecular weight is 435 g/mol. The van der Waals surface area contributed by atoms with E-state index in [0.717, 1.165) is 16.8 Å². The fourth-order valence-electron chi connectivity index (χ4n) is 4.50. The number of benzene rings is 3. The molecule has 1 heterocycles. The van der Waals surface area contributed by atoms with Gasteiger partial charge in [-0.3, -0.25) is 20.2 Å². The van der Waals surface area contributed by atoms with Gasteiger partial charge < -0.3 is 4.90 Å². The normalized spacial score (nSPS) is 18.0. The summed E-state index contributed by atoms with van der Waals surface area (Å²) in [7, 11) is 0. The van der Waals surface area contributed by atoms with Crippen molar-refractivity contribution < 1.29 is 14.2 Å². The lowest BCUT2D eigenvalue weighted by atomic mass is 10.0. The summed E-state index contributed by atoms with van der Waals surface area (Å²) in [4.78, 5) is 24.3. The van der Waals surface area contributed by atoms with E-state index in [9.17, 15) is 24.6 Å². The topological polar surface area (TPSA) is 89.5 Å². The molecular weight excluding hydrogens is 413 g/mol. The van der Waals surface area contributed by atoms with Gasteiger partial charge in [-0.1, -0.05) is 24.3 Å². The first-order valence-electron chi connectivity index (χ1n) is 10.3. The van der Waals surface area contributed by atoms with Gasteiger partial charge in [-0.15, -0.1) is 0 Å². The van der Waals surface area contributed by atoms with Crippen molar-refractivity contribution in [2.45, 2.75) is 38.8 Å². The van der Waals surface area contributed by atoms with E-state index >= 15 is 0 Å². The molecule has 1 fully saturated rings. The van der Waals surface area contributed by atoms with E-state index in [1.807, 2.05) is 12.1 Å². The minimum atomic E-state index is -0.392. The van der Waals surface area contributed by atoms with Crippen LogP contribution in [0, 0.1) is 39.9 Å². The summed E-state index contributed by atoms with van der Waals surface area (Å²) in [5.74, 6) is -0.363. The van der Waals surface area contributed by atoms with Gasteiger partial charge in [0.05, 0.1) is 21.9 Å². The molecule has 1 aliphatic rings. The fraction of sp³-hybridized carbons (Fsp3) is 0.250. The second kappa shape index (κ2) is 8.37. The van der Waals surface area contributed by atoms with Crippen LogP contribution in [0.2, 0.25) is 0 Å². The quantitative estimate of drug-likeness (QED) is 0.344. The molecule has 0 N–H and O–H groups in total. The Labute approximate surface area is 184 Å². The van der Waals surface area contributed by atoms with E-state index in [0.29, 0.717) is 24.0 Å². The lowest BCUT2D eigenvalue weighted by Crippen LogP contribution is -2.26. The molecule has 164 valence electrons. The Hall–Kier alpha value is -3.81. The largest absolute Gasteiger partial charge is 0.357 e. The summed E-state index contributed by atoms with van der Waals surface area (Å²) in [5, 5.41) is 23.0. The van der Waals surface area contributed by atoms with Crippen molar-refractivity contribution in [2.75, 3.05) is 4.90 Å². The monoisotopic (exact) mass is 435 g/mol. The Morgan fingerprint density at radius 1 is 0.781 bits per heavy atom. The van der Waals surface area contributed by atoms with Crippen LogP contribution in [0.3, 0.4) is 0 Å². The molecule has 4 rings (SSSR count). The summed E-state index contributed by atoms with van der Waals surface area (Å²) in [6.07, 6.45) is 1.40. The minimum absolute atomic E-state index is 0.0518. The van der Waals surface area contributed by atoms with Crippen LogP contribution in [-0.2, 0) is 0 Å². The van der Waals surface area contributed by atoms with Gasteiger partial charge in [0.1, 0.15) is 5.82 Å². The van der Waals surface area contributed by atoms with Crippen LogP contribution in [0.5, 0.6) is 0 Å². The summed E-state index contributed by atoms with van der Waals surface area (Å²) in [5.41, 5.74) is 3.59. The highest BCUT2D eigenvalue weighted by atomic mass is 19.1. The van der Waals surface area contributed by atoms with Gasteiger partial charge in [0.2, 0.25) is 0 Å². The van der Waals surface area contributed by atoms with Crippen LogP contribution in [0.4, 0.5) is 21.5 Å². The van der Waals surface area contributed by atoms with Gasteiger partial charge in [-0.25, -0.2) is 4.39 Å². The summed E-state index contributed by atoms with van der Waals surface area (Å²) in [6.45, 7) is 3.39. The van der Waals surface area contributed by atoms with Crippen molar-refractivity contribution in [3.63, 3.8) is 0 Å². The maximum atomic E-state index is 13.6. The van der Waals surface area contributed by atoms with Crippen LogP contribution >= 0.6 is 0 Å².